The Hall–Kier alpha value is -1.50. The summed E-state index contributed by atoms with van der Waals surface area (Å²) in [5, 5.41) is 23.0. The van der Waals surface area contributed by atoms with Gasteiger partial charge in [-0.3, -0.25) is 0 Å². The van der Waals surface area contributed by atoms with Crippen LogP contribution >= 0.6 is 0 Å². The zero-order chi connectivity index (χ0) is 15.3. The van der Waals surface area contributed by atoms with Crippen LogP contribution in [0.4, 0.5) is 0 Å². The zero-order valence-corrected chi connectivity index (χ0v) is 12.5. The first-order chi connectivity index (χ1) is 10.1. The molecule has 0 aromatic heterocycles. The largest absolute Gasteiger partial charge is 0.502 e. The normalized spacial score (nSPS) is 17.5. The van der Waals surface area contributed by atoms with Gasteiger partial charge in [-0.2, -0.15) is 0 Å². The molecule has 1 aromatic rings. The Balaban J connectivity index is 2.11. The summed E-state index contributed by atoms with van der Waals surface area (Å²) in [6.45, 7) is 1.92. The minimum Gasteiger partial charge on any atom is -0.502 e. The Morgan fingerprint density at radius 3 is 2.24 bits per heavy atom. The van der Waals surface area contributed by atoms with Gasteiger partial charge in [0.05, 0.1) is 20.8 Å². The summed E-state index contributed by atoms with van der Waals surface area (Å²) in [7, 11) is 3.00. The second-order valence-corrected chi connectivity index (χ2v) is 5.25. The van der Waals surface area contributed by atoms with Gasteiger partial charge in [0.1, 0.15) is 0 Å². The molecule has 0 aliphatic carbocycles. The SMILES string of the molecule is COc1cc(CNC2(CO)CCOCC2)cc(OC)c1O. The monoisotopic (exact) mass is 297 g/mol. The molecule has 0 atom stereocenters. The average molecular weight is 297 g/mol. The molecular weight excluding hydrogens is 274 g/mol. The highest BCUT2D eigenvalue weighted by Crippen LogP contribution is 2.37. The number of hydrogen-bond donors (Lipinski definition) is 3. The number of aromatic hydroxyl groups is 1. The maximum absolute atomic E-state index is 9.90. The van der Waals surface area contributed by atoms with E-state index in [2.05, 4.69) is 5.32 Å². The first kappa shape index (κ1) is 15.9. The van der Waals surface area contributed by atoms with Crippen molar-refractivity contribution in [1.29, 1.82) is 0 Å². The zero-order valence-electron chi connectivity index (χ0n) is 12.5. The second kappa shape index (κ2) is 6.98. The number of aliphatic hydroxyl groups excluding tert-OH is 1. The Bertz CT molecular complexity index is 446. The highest BCUT2D eigenvalue weighted by atomic mass is 16.5. The standard InChI is InChI=1S/C15H23NO5/c1-19-12-7-11(8-13(20-2)14(12)18)9-16-15(10-17)3-5-21-6-4-15/h7-8,16-18H,3-6,9-10H2,1-2H3. The molecule has 6 nitrogen and oxygen atoms in total. The van der Waals surface area contributed by atoms with Crippen LogP contribution in [-0.4, -0.2) is 49.8 Å². The number of aliphatic hydroxyl groups is 1. The smallest absolute Gasteiger partial charge is 0.200 e. The maximum atomic E-state index is 9.90. The molecule has 1 saturated heterocycles. The maximum Gasteiger partial charge on any atom is 0.200 e. The van der Waals surface area contributed by atoms with E-state index in [1.807, 2.05) is 0 Å². The van der Waals surface area contributed by atoms with Gasteiger partial charge in [-0.15, -0.1) is 0 Å². The fourth-order valence-electron chi connectivity index (χ4n) is 2.49. The molecule has 0 bridgehead atoms. The lowest BCUT2D eigenvalue weighted by molar-refractivity contribution is 0.0111. The quantitative estimate of drug-likeness (QED) is 0.728. The van der Waals surface area contributed by atoms with E-state index >= 15 is 0 Å². The average Bonchev–Trinajstić information content (AvgIpc) is 2.54. The van der Waals surface area contributed by atoms with Crippen LogP contribution in [0.3, 0.4) is 0 Å². The van der Waals surface area contributed by atoms with Gasteiger partial charge < -0.3 is 29.7 Å². The minimum absolute atomic E-state index is 0.00770. The van der Waals surface area contributed by atoms with Crippen molar-refractivity contribution in [3.8, 4) is 17.2 Å². The van der Waals surface area contributed by atoms with Crippen LogP contribution in [0.15, 0.2) is 12.1 Å². The van der Waals surface area contributed by atoms with Crippen molar-refractivity contribution < 1.29 is 24.4 Å². The van der Waals surface area contributed by atoms with Crippen LogP contribution in [0, 0.1) is 0 Å². The lowest BCUT2D eigenvalue weighted by Crippen LogP contribution is -2.51. The van der Waals surface area contributed by atoms with Crippen molar-refractivity contribution in [2.75, 3.05) is 34.0 Å². The molecule has 1 fully saturated rings. The number of ether oxygens (including phenoxy) is 3. The van der Waals surface area contributed by atoms with Crippen molar-refractivity contribution in [3.63, 3.8) is 0 Å². The first-order valence-corrected chi connectivity index (χ1v) is 7.01. The molecule has 1 aromatic carbocycles. The minimum atomic E-state index is -0.309. The number of phenols is 1. The van der Waals surface area contributed by atoms with Crippen LogP contribution in [-0.2, 0) is 11.3 Å². The third kappa shape index (κ3) is 3.58. The van der Waals surface area contributed by atoms with Crippen molar-refractivity contribution in [2.24, 2.45) is 0 Å². The van der Waals surface area contributed by atoms with Gasteiger partial charge in [-0.1, -0.05) is 0 Å². The number of methoxy groups -OCH3 is 2. The summed E-state index contributed by atoms with van der Waals surface area (Å²) >= 11 is 0. The highest BCUT2D eigenvalue weighted by molar-refractivity contribution is 5.52. The molecule has 21 heavy (non-hydrogen) atoms. The summed E-state index contributed by atoms with van der Waals surface area (Å²) in [5.74, 6) is 0.735. The van der Waals surface area contributed by atoms with E-state index in [1.54, 1.807) is 12.1 Å². The molecule has 0 saturated carbocycles. The molecule has 3 N–H and O–H groups in total. The van der Waals surface area contributed by atoms with Crippen molar-refractivity contribution in [3.05, 3.63) is 17.7 Å². The van der Waals surface area contributed by atoms with E-state index in [4.69, 9.17) is 14.2 Å². The van der Waals surface area contributed by atoms with Crippen LogP contribution < -0.4 is 14.8 Å². The molecule has 1 heterocycles. The summed E-state index contributed by atoms with van der Waals surface area (Å²) in [5.41, 5.74) is 0.609. The van der Waals surface area contributed by atoms with E-state index < -0.39 is 0 Å². The van der Waals surface area contributed by atoms with E-state index in [-0.39, 0.29) is 17.9 Å². The predicted octanol–water partition coefficient (Wildman–Crippen LogP) is 1.04. The molecule has 118 valence electrons. The summed E-state index contributed by atoms with van der Waals surface area (Å²) < 4.78 is 15.6. The predicted molar refractivity (Wildman–Crippen MR) is 77.9 cm³/mol. The first-order valence-electron chi connectivity index (χ1n) is 7.01. The summed E-state index contributed by atoms with van der Waals surface area (Å²) in [4.78, 5) is 0. The molecule has 0 spiro atoms. The van der Waals surface area contributed by atoms with E-state index in [9.17, 15) is 10.2 Å². The second-order valence-electron chi connectivity index (χ2n) is 5.25. The van der Waals surface area contributed by atoms with Crippen molar-refractivity contribution >= 4 is 0 Å². The van der Waals surface area contributed by atoms with Crippen LogP contribution in [0.2, 0.25) is 0 Å². The third-order valence-corrected chi connectivity index (χ3v) is 3.96. The molecule has 2 rings (SSSR count). The Morgan fingerprint density at radius 1 is 1.19 bits per heavy atom. The Labute approximate surface area is 124 Å². The Kier molecular flexibility index (Phi) is 5.27. The fourth-order valence-corrected chi connectivity index (χ4v) is 2.49. The van der Waals surface area contributed by atoms with Crippen LogP contribution in [0.5, 0.6) is 17.2 Å². The number of nitrogens with one attached hydrogen (secondary N) is 1. The molecule has 0 amide bonds. The molecule has 0 unspecified atom stereocenters. The van der Waals surface area contributed by atoms with Crippen molar-refractivity contribution in [1.82, 2.24) is 5.32 Å². The topological polar surface area (TPSA) is 80.2 Å². The van der Waals surface area contributed by atoms with E-state index in [0.717, 1.165) is 18.4 Å². The van der Waals surface area contributed by atoms with Gasteiger partial charge >= 0.3 is 0 Å². The van der Waals surface area contributed by atoms with Gasteiger partial charge in [0.25, 0.3) is 0 Å². The van der Waals surface area contributed by atoms with E-state index in [1.165, 1.54) is 14.2 Å². The summed E-state index contributed by atoms with van der Waals surface area (Å²) in [6, 6.07) is 3.52. The van der Waals surface area contributed by atoms with Crippen LogP contribution in [0.1, 0.15) is 18.4 Å². The molecular formula is C15H23NO5. The number of phenolic OH excluding ortho intramolecular Hbond substituents is 1. The number of benzene rings is 1. The third-order valence-electron chi connectivity index (χ3n) is 3.96. The number of rotatable bonds is 6. The van der Waals surface area contributed by atoms with Gasteiger partial charge in [0.2, 0.25) is 5.75 Å². The van der Waals surface area contributed by atoms with Gasteiger partial charge in [-0.25, -0.2) is 0 Å². The lowest BCUT2D eigenvalue weighted by Gasteiger charge is -2.36. The molecule has 1 aliphatic heterocycles. The Morgan fingerprint density at radius 2 is 1.76 bits per heavy atom. The van der Waals surface area contributed by atoms with Gasteiger partial charge in [0, 0.05) is 25.3 Å². The fraction of sp³-hybridized carbons (Fsp3) is 0.600. The highest BCUT2D eigenvalue weighted by Gasteiger charge is 2.31. The number of hydrogen-bond acceptors (Lipinski definition) is 6. The molecule has 0 radical (unpaired) electrons. The lowest BCUT2D eigenvalue weighted by atomic mass is 9.90. The molecule has 6 heteroatoms. The van der Waals surface area contributed by atoms with Gasteiger partial charge in [0.15, 0.2) is 11.5 Å². The molecule has 1 aliphatic rings. The van der Waals surface area contributed by atoms with Crippen molar-refractivity contribution in [2.45, 2.75) is 24.9 Å². The van der Waals surface area contributed by atoms with Crippen LogP contribution in [0.25, 0.3) is 0 Å². The summed E-state index contributed by atoms with van der Waals surface area (Å²) in [6.07, 6.45) is 1.55. The van der Waals surface area contributed by atoms with E-state index in [0.29, 0.717) is 31.3 Å². The van der Waals surface area contributed by atoms with Gasteiger partial charge in [-0.05, 0) is 30.5 Å².